The second kappa shape index (κ2) is 4.11. The Balaban J connectivity index is 2.26. The molecule has 2 N–H and O–H groups in total. The Labute approximate surface area is 111 Å². The number of furan rings is 1. The SMILES string of the molecule is CC1(C)CC(C(N)c2ccoc2Br)C(C)(C)O1. The molecular weight excluding hydrogens is 282 g/mol. The van der Waals surface area contributed by atoms with Gasteiger partial charge >= 0.3 is 0 Å². The highest BCUT2D eigenvalue weighted by atomic mass is 79.9. The third-order valence-corrected chi connectivity index (χ3v) is 4.23. The van der Waals surface area contributed by atoms with Crippen LogP contribution in [0.25, 0.3) is 0 Å². The molecule has 2 heterocycles. The Morgan fingerprint density at radius 2 is 2.06 bits per heavy atom. The van der Waals surface area contributed by atoms with Crippen LogP contribution in [-0.4, -0.2) is 11.2 Å². The van der Waals surface area contributed by atoms with Gasteiger partial charge in [0.25, 0.3) is 0 Å². The number of hydrogen-bond acceptors (Lipinski definition) is 3. The maximum atomic E-state index is 6.37. The summed E-state index contributed by atoms with van der Waals surface area (Å²) in [4.78, 5) is 0. The summed E-state index contributed by atoms with van der Waals surface area (Å²) in [7, 11) is 0. The number of hydrogen-bond donors (Lipinski definition) is 1. The van der Waals surface area contributed by atoms with Crippen molar-refractivity contribution in [3.8, 4) is 0 Å². The summed E-state index contributed by atoms with van der Waals surface area (Å²) in [5.41, 5.74) is 7.07. The molecule has 0 amide bonds. The van der Waals surface area contributed by atoms with Gasteiger partial charge in [-0.1, -0.05) is 0 Å². The van der Waals surface area contributed by atoms with Crippen LogP contribution in [0.3, 0.4) is 0 Å². The van der Waals surface area contributed by atoms with Crippen LogP contribution >= 0.6 is 15.9 Å². The fourth-order valence-corrected chi connectivity index (χ4v) is 3.43. The zero-order valence-corrected chi connectivity index (χ0v) is 12.4. The molecular formula is C13H20BrNO2. The highest BCUT2D eigenvalue weighted by Crippen LogP contribution is 2.47. The highest BCUT2D eigenvalue weighted by Gasteiger charge is 2.48. The molecule has 0 aromatic carbocycles. The first kappa shape index (κ1) is 13.1. The second-order valence-corrected chi connectivity index (χ2v) is 6.67. The van der Waals surface area contributed by atoms with E-state index in [-0.39, 0.29) is 23.2 Å². The molecule has 1 aliphatic heterocycles. The van der Waals surface area contributed by atoms with E-state index in [1.807, 2.05) is 6.07 Å². The fraction of sp³-hybridized carbons (Fsp3) is 0.692. The molecule has 4 heteroatoms. The quantitative estimate of drug-likeness (QED) is 0.907. The van der Waals surface area contributed by atoms with Gasteiger partial charge in [-0.25, -0.2) is 0 Å². The van der Waals surface area contributed by atoms with Crippen molar-refractivity contribution in [2.75, 3.05) is 0 Å². The number of halogens is 1. The van der Waals surface area contributed by atoms with Crippen molar-refractivity contribution in [3.05, 3.63) is 22.6 Å². The van der Waals surface area contributed by atoms with Gasteiger partial charge in [0.1, 0.15) is 0 Å². The van der Waals surface area contributed by atoms with Crippen molar-refractivity contribution in [2.45, 2.75) is 51.4 Å². The number of nitrogens with two attached hydrogens (primary N) is 1. The van der Waals surface area contributed by atoms with Crippen LogP contribution < -0.4 is 5.73 Å². The van der Waals surface area contributed by atoms with Gasteiger partial charge < -0.3 is 14.9 Å². The van der Waals surface area contributed by atoms with Gasteiger partial charge in [-0.3, -0.25) is 0 Å². The molecule has 2 unspecified atom stereocenters. The second-order valence-electron chi connectivity index (χ2n) is 5.95. The van der Waals surface area contributed by atoms with Gasteiger partial charge in [-0.05, 0) is 56.1 Å². The van der Waals surface area contributed by atoms with Gasteiger partial charge in [0.2, 0.25) is 0 Å². The molecule has 0 bridgehead atoms. The monoisotopic (exact) mass is 301 g/mol. The average molecular weight is 302 g/mol. The Morgan fingerprint density at radius 3 is 2.47 bits per heavy atom. The largest absolute Gasteiger partial charge is 0.457 e. The van der Waals surface area contributed by atoms with Crippen molar-refractivity contribution in [1.82, 2.24) is 0 Å². The van der Waals surface area contributed by atoms with Crippen molar-refractivity contribution in [1.29, 1.82) is 0 Å². The van der Waals surface area contributed by atoms with Crippen LogP contribution in [-0.2, 0) is 4.74 Å². The molecule has 0 spiro atoms. The van der Waals surface area contributed by atoms with Crippen molar-refractivity contribution < 1.29 is 9.15 Å². The smallest absolute Gasteiger partial charge is 0.173 e. The molecule has 0 saturated carbocycles. The molecule has 0 radical (unpaired) electrons. The first-order valence-electron chi connectivity index (χ1n) is 5.91. The van der Waals surface area contributed by atoms with Crippen LogP contribution in [0.15, 0.2) is 21.4 Å². The van der Waals surface area contributed by atoms with E-state index < -0.39 is 0 Å². The lowest BCUT2D eigenvalue weighted by atomic mass is 9.80. The van der Waals surface area contributed by atoms with Crippen LogP contribution in [0.5, 0.6) is 0 Å². The predicted octanol–water partition coefficient (Wildman–Crippen LogP) is 3.64. The predicted molar refractivity (Wildman–Crippen MR) is 70.7 cm³/mol. The zero-order valence-electron chi connectivity index (χ0n) is 10.8. The molecule has 3 nitrogen and oxygen atoms in total. The van der Waals surface area contributed by atoms with E-state index in [4.69, 9.17) is 14.9 Å². The highest BCUT2D eigenvalue weighted by molar-refractivity contribution is 9.10. The van der Waals surface area contributed by atoms with E-state index in [2.05, 4.69) is 43.6 Å². The maximum absolute atomic E-state index is 6.37. The van der Waals surface area contributed by atoms with Crippen LogP contribution in [0, 0.1) is 5.92 Å². The lowest BCUT2D eigenvalue weighted by molar-refractivity contribution is -0.0767. The molecule has 1 aliphatic rings. The topological polar surface area (TPSA) is 48.4 Å². The van der Waals surface area contributed by atoms with Gasteiger partial charge in [0.05, 0.1) is 17.5 Å². The lowest BCUT2D eigenvalue weighted by Gasteiger charge is -2.30. The number of rotatable bonds is 2. The van der Waals surface area contributed by atoms with E-state index >= 15 is 0 Å². The van der Waals surface area contributed by atoms with E-state index in [0.717, 1.165) is 16.7 Å². The minimum Gasteiger partial charge on any atom is -0.457 e. The van der Waals surface area contributed by atoms with Crippen LogP contribution in [0.2, 0.25) is 0 Å². The van der Waals surface area contributed by atoms with Crippen LogP contribution in [0.4, 0.5) is 0 Å². The van der Waals surface area contributed by atoms with E-state index in [9.17, 15) is 0 Å². The molecule has 17 heavy (non-hydrogen) atoms. The van der Waals surface area contributed by atoms with E-state index in [0.29, 0.717) is 0 Å². The normalized spacial score (nSPS) is 28.2. The molecule has 1 aromatic rings. The molecule has 96 valence electrons. The van der Waals surface area contributed by atoms with E-state index in [1.165, 1.54) is 0 Å². The van der Waals surface area contributed by atoms with E-state index in [1.54, 1.807) is 6.26 Å². The Morgan fingerprint density at radius 1 is 1.41 bits per heavy atom. The lowest BCUT2D eigenvalue weighted by Crippen LogP contribution is -2.35. The summed E-state index contributed by atoms with van der Waals surface area (Å²) in [5.74, 6) is 0.284. The average Bonchev–Trinajstić information content (AvgIpc) is 2.66. The minimum absolute atomic E-state index is 0.0695. The molecule has 2 atom stereocenters. The van der Waals surface area contributed by atoms with Gasteiger partial charge in [0, 0.05) is 17.5 Å². The fourth-order valence-electron chi connectivity index (χ4n) is 2.92. The zero-order chi connectivity index (χ0) is 12.8. The number of ether oxygens (including phenoxy) is 1. The van der Waals surface area contributed by atoms with Gasteiger partial charge in [-0.2, -0.15) is 0 Å². The van der Waals surface area contributed by atoms with Crippen molar-refractivity contribution in [3.63, 3.8) is 0 Å². The summed E-state index contributed by atoms with van der Waals surface area (Å²) in [6, 6.07) is 1.86. The van der Waals surface area contributed by atoms with Crippen LogP contribution in [0.1, 0.15) is 45.7 Å². The van der Waals surface area contributed by atoms with Crippen molar-refractivity contribution in [2.24, 2.45) is 11.7 Å². The molecule has 2 rings (SSSR count). The first-order valence-corrected chi connectivity index (χ1v) is 6.71. The Bertz CT molecular complexity index is 411. The molecule has 1 fully saturated rings. The Hall–Kier alpha value is -0.320. The molecule has 1 aromatic heterocycles. The first-order chi connectivity index (χ1) is 7.73. The Kier molecular flexibility index (Phi) is 3.17. The maximum Gasteiger partial charge on any atom is 0.173 e. The standard InChI is InChI=1S/C13H20BrNO2/c1-12(2)7-9(13(3,4)17-12)10(15)8-5-6-16-11(8)14/h5-6,9-10H,7,15H2,1-4H3. The third kappa shape index (κ3) is 2.44. The summed E-state index contributed by atoms with van der Waals surface area (Å²) in [6.07, 6.45) is 2.62. The summed E-state index contributed by atoms with van der Waals surface area (Å²) in [5, 5.41) is 0. The summed E-state index contributed by atoms with van der Waals surface area (Å²) < 4.78 is 12.1. The molecule has 0 aliphatic carbocycles. The summed E-state index contributed by atoms with van der Waals surface area (Å²) >= 11 is 3.39. The third-order valence-electron chi connectivity index (χ3n) is 3.58. The van der Waals surface area contributed by atoms with Gasteiger partial charge in [-0.15, -0.1) is 0 Å². The molecule has 1 saturated heterocycles. The summed E-state index contributed by atoms with van der Waals surface area (Å²) in [6.45, 7) is 8.46. The van der Waals surface area contributed by atoms with Gasteiger partial charge in [0.15, 0.2) is 4.67 Å². The minimum atomic E-state index is -0.209. The van der Waals surface area contributed by atoms with Crippen molar-refractivity contribution >= 4 is 15.9 Å².